The van der Waals surface area contributed by atoms with Crippen LogP contribution in [0.25, 0.3) is 12.2 Å². The van der Waals surface area contributed by atoms with E-state index in [1.54, 1.807) is 9.80 Å². The van der Waals surface area contributed by atoms with Crippen molar-refractivity contribution in [1.29, 1.82) is 0 Å². The minimum absolute atomic E-state index is 0.113. The lowest BCUT2D eigenvalue weighted by Crippen LogP contribution is -2.43. The Balaban J connectivity index is 0.985. The van der Waals surface area contributed by atoms with Crippen molar-refractivity contribution in [2.75, 3.05) is 23.7 Å². The second kappa shape index (κ2) is 12.5. The van der Waals surface area contributed by atoms with Gasteiger partial charge in [-0.15, -0.1) is 0 Å². The molecule has 4 fully saturated rings. The van der Waals surface area contributed by atoms with Gasteiger partial charge in [-0.3, -0.25) is 19.2 Å². The molecule has 0 spiro atoms. The summed E-state index contributed by atoms with van der Waals surface area (Å²) in [6, 6.07) is 14.5. The van der Waals surface area contributed by atoms with E-state index >= 15 is 0 Å². The Kier molecular flexibility index (Phi) is 8.40. The van der Waals surface area contributed by atoms with E-state index in [9.17, 15) is 19.2 Å². The Morgan fingerprint density at radius 3 is 1.33 bits per heavy atom. The molecule has 0 radical (unpaired) electrons. The SMILES string of the molecule is O=C(Nc1ccc(/C=C/c2ccc(NC(=O)[C@H]3CCCN3C(=O)CC3CC3)cc2)cc1)[C@H]1CCCN1C(=O)CC1CC1. The molecule has 2 aliphatic heterocycles. The summed E-state index contributed by atoms with van der Waals surface area (Å²) in [4.78, 5) is 54.5. The van der Waals surface area contributed by atoms with Crippen molar-refractivity contribution in [1.82, 2.24) is 9.80 Å². The van der Waals surface area contributed by atoms with E-state index in [-0.39, 0.29) is 35.7 Å². The summed E-state index contributed by atoms with van der Waals surface area (Å²) in [5.41, 5.74) is 3.41. The number of carbonyl (C=O) groups excluding carboxylic acids is 4. The van der Waals surface area contributed by atoms with Gasteiger partial charge in [-0.25, -0.2) is 0 Å². The molecule has 0 unspecified atom stereocenters. The zero-order valence-electron chi connectivity index (χ0n) is 24.1. The maximum atomic E-state index is 12.9. The van der Waals surface area contributed by atoms with Crippen molar-refractivity contribution in [3.63, 3.8) is 0 Å². The van der Waals surface area contributed by atoms with Crippen LogP contribution in [-0.4, -0.2) is 58.6 Å². The number of nitrogens with one attached hydrogen (secondary N) is 2. The van der Waals surface area contributed by atoms with E-state index < -0.39 is 0 Å². The molecule has 2 aromatic carbocycles. The second-order valence-electron chi connectivity index (χ2n) is 12.3. The van der Waals surface area contributed by atoms with Crippen LogP contribution in [0.5, 0.6) is 0 Å². The first-order chi connectivity index (χ1) is 20.4. The zero-order valence-corrected chi connectivity index (χ0v) is 24.1. The van der Waals surface area contributed by atoms with E-state index in [2.05, 4.69) is 10.6 Å². The number of carbonyl (C=O) groups is 4. The molecule has 4 amide bonds. The summed E-state index contributed by atoms with van der Waals surface area (Å²) < 4.78 is 0. The van der Waals surface area contributed by atoms with Crippen LogP contribution < -0.4 is 10.6 Å². The highest BCUT2D eigenvalue weighted by atomic mass is 16.2. The summed E-state index contributed by atoms with van der Waals surface area (Å²) in [6.07, 6.45) is 12.8. The largest absolute Gasteiger partial charge is 0.331 e. The first-order valence-electron chi connectivity index (χ1n) is 15.5. The molecule has 2 saturated heterocycles. The molecule has 2 atom stereocenters. The van der Waals surface area contributed by atoms with Gasteiger partial charge in [-0.05, 0) is 98.6 Å². The van der Waals surface area contributed by atoms with Gasteiger partial charge in [-0.2, -0.15) is 0 Å². The Labute approximate surface area is 247 Å². The van der Waals surface area contributed by atoms with Gasteiger partial charge in [0.15, 0.2) is 0 Å². The van der Waals surface area contributed by atoms with E-state index in [4.69, 9.17) is 0 Å². The van der Waals surface area contributed by atoms with Crippen LogP contribution >= 0.6 is 0 Å². The Morgan fingerprint density at radius 2 is 0.976 bits per heavy atom. The first kappa shape index (κ1) is 28.2. The number of amides is 4. The van der Waals surface area contributed by atoms with Crippen LogP contribution in [0.3, 0.4) is 0 Å². The molecule has 220 valence electrons. The van der Waals surface area contributed by atoms with Crippen LogP contribution in [0.2, 0.25) is 0 Å². The third-order valence-electron chi connectivity index (χ3n) is 8.90. The van der Waals surface area contributed by atoms with Crippen LogP contribution in [0, 0.1) is 11.8 Å². The molecule has 2 aromatic rings. The number of anilines is 2. The fourth-order valence-corrected chi connectivity index (χ4v) is 6.05. The number of nitrogens with zero attached hydrogens (tertiary/aromatic N) is 2. The summed E-state index contributed by atoms with van der Waals surface area (Å²) in [7, 11) is 0. The molecule has 2 N–H and O–H groups in total. The first-order valence-corrected chi connectivity index (χ1v) is 15.5. The van der Waals surface area contributed by atoms with Crippen molar-refractivity contribution in [2.24, 2.45) is 11.8 Å². The molecule has 6 rings (SSSR count). The maximum Gasteiger partial charge on any atom is 0.247 e. The van der Waals surface area contributed by atoms with E-state index in [0.29, 0.717) is 62.0 Å². The highest BCUT2D eigenvalue weighted by molar-refractivity contribution is 5.98. The standard InChI is InChI=1S/C34H40N4O4/c39-31(21-25-7-8-25)37-19-1-3-29(37)33(41)35-27-15-11-23(12-16-27)5-6-24-13-17-28(18-14-24)36-34(42)30-4-2-20-38(30)32(40)22-26-9-10-26/h5-6,11-18,25-26,29-30H,1-4,7-10,19-22H2,(H,35,41)(H,36,42)/b6-5+/t29-,30-/m1/s1. The van der Waals surface area contributed by atoms with Crippen LogP contribution in [0.4, 0.5) is 11.4 Å². The molecule has 8 heteroatoms. The lowest BCUT2D eigenvalue weighted by Gasteiger charge is -2.24. The van der Waals surface area contributed by atoms with E-state index in [1.807, 2.05) is 60.7 Å². The predicted molar refractivity (Wildman–Crippen MR) is 163 cm³/mol. The van der Waals surface area contributed by atoms with Gasteiger partial charge in [0.25, 0.3) is 0 Å². The van der Waals surface area contributed by atoms with Crippen LogP contribution in [-0.2, 0) is 19.2 Å². The fraction of sp³-hybridized carbons (Fsp3) is 0.471. The third-order valence-corrected chi connectivity index (χ3v) is 8.90. The lowest BCUT2D eigenvalue weighted by atomic mass is 10.1. The van der Waals surface area contributed by atoms with Crippen molar-refractivity contribution >= 4 is 47.2 Å². The lowest BCUT2D eigenvalue weighted by molar-refractivity contribution is -0.137. The Morgan fingerprint density at radius 1 is 0.595 bits per heavy atom. The minimum Gasteiger partial charge on any atom is -0.331 e. The molecule has 42 heavy (non-hydrogen) atoms. The molecule has 2 saturated carbocycles. The summed E-state index contributed by atoms with van der Waals surface area (Å²) in [5.74, 6) is 1.03. The topological polar surface area (TPSA) is 98.8 Å². The molecular weight excluding hydrogens is 528 g/mol. The van der Waals surface area contributed by atoms with Crippen molar-refractivity contribution in [3.8, 4) is 0 Å². The van der Waals surface area contributed by atoms with Gasteiger partial charge in [0.2, 0.25) is 23.6 Å². The number of benzene rings is 2. The van der Waals surface area contributed by atoms with Gasteiger partial charge < -0.3 is 20.4 Å². The monoisotopic (exact) mass is 568 g/mol. The summed E-state index contributed by atoms with van der Waals surface area (Å²) in [5, 5.41) is 5.97. The number of likely N-dealkylation sites (tertiary alicyclic amines) is 2. The molecule has 0 aromatic heterocycles. The Bertz CT molecular complexity index is 1240. The molecule has 2 heterocycles. The number of hydrogen-bond donors (Lipinski definition) is 2. The van der Waals surface area contributed by atoms with Crippen LogP contribution in [0.1, 0.15) is 75.3 Å². The quantitative estimate of drug-likeness (QED) is 0.379. The van der Waals surface area contributed by atoms with E-state index in [0.717, 1.165) is 49.7 Å². The van der Waals surface area contributed by atoms with Gasteiger partial charge in [0.05, 0.1) is 0 Å². The average molecular weight is 569 g/mol. The molecule has 8 nitrogen and oxygen atoms in total. The van der Waals surface area contributed by atoms with Crippen molar-refractivity contribution in [2.45, 2.75) is 76.3 Å². The average Bonchev–Trinajstić information content (AvgIpc) is 3.87. The number of hydrogen-bond acceptors (Lipinski definition) is 4. The smallest absolute Gasteiger partial charge is 0.247 e. The summed E-state index contributed by atoms with van der Waals surface area (Å²) in [6.45, 7) is 1.34. The van der Waals surface area contributed by atoms with Gasteiger partial charge >= 0.3 is 0 Å². The van der Waals surface area contributed by atoms with Crippen molar-refractivity contribution < 1.29 is 19.2 Å². The second-order valence-corrected chi connectivity index (χ2v) is 12.3. The molecule has 0 bridgehead atoms. The molecular formula is C34H40N4O4. The highest BCUT2D eigenvalue weighted by Crippen LogP contribution is 2.35. The highest BCUT2D eigenvalue weighted by Gasteiger charge is 2.37. The van der Waals surface area contributed by atoms with Gasteiger partial charge in [0, 0.05) is 37.3 Å². The Hall–Kier alpha value is -3.94. The zero-order chi connectivity index (χ0) is 29.1. The van der Waals surface area contributed by atoms with Crippen molar-refractivity contribution in [3.05, 3.63) is 59.7 Å². The summed E-state index contributed by atoms with van der Waals surface area (Å²) >= 11 is 0. The fourth-order valence-electron chi connectivity index (χ4n) is 6.05. The van der Waals surface area contributed by atoms with Crippen LogP contribution in [0.15, 0.2) is 48.5 Å². The third kappa shape index (κ3) is 7.09. The molecule has 4 aliphatic rings. The van der Waals surface area contributed by atoms with Gasteiger partial charge in [-0.1, -0.05) is 36.4 Å². The predicted octanol–water partition coefficient (Wildman–Crippen LogP) is 5.32. The normalized spacial score (nSPS) is 22.0. The minimum atomic E-state index is -0.379. The number of rotatable bonds is 10. The van der Waals surface area contributed by atoms with E-state index in [1.165, 1.54) is 0 Å². The maximum absolute atomic E-state index is 12.9. The van der Waals surface area contributed by atoms with Gasteiger partial charge in [0.1, 0.15) is 12.1 Å². The molecule has 2 aliphatic carbocycles.